The van der Waals surface area contributed by atoms with E-state index in [9.17, 15) is 13.2 Å². The third kappa shape index (κ3) is 3.84. The molecule has 25 heavy (non-hydrogen) atoms. The summed E-state index contributed by atoms with van der Waals surface area (Å²) >= 11 is 0. The van der Waals surface area contributed by atoms with Crippen molar-refractivity contribution in [1.82, 2.24) is 24.4 Å². The maximum Gasteiger partial charge on any atom is 0.253 e. The topological polar surface area (TPSA) is 121 Å². The van der Waals surface area contributed by atoms with Crippen molar-refractivity contribution in [1.29, 1.82) is 5.26 Å². The van der Waals surface area contributed by atoms with E-state index >= 15 is 0 Å². The molecule has 3 heterocycles. The summed E-state index contributed by atoms with van der Waals surface area (Å²) in [5.41, 5.74) is 2.04. The van der Waals surface area contributed by atoms with Crippen molar-refractivity contribution in [3.05, 3.63) is 47.0 Å². The Bertz CT molecular complexity index is 943. The second-order valence-corrected chi connectivity index (χ2v) is 7.66. The molecule has 0 aliphatic carbocycles. The second-order valence-electron chi connectivity index (χ2n) is 5.67. The molecule has 0 bridgehead atoms. The number of sulfonamides is 1. The first kappa shape index (κ1) is 17.1. The maximum atomic E-state index is 12.1. The standard InChI is InChI=1S/C15H16N6O3S/c1-25(23,24)20-4-5-21-14(10-20)6-13(19-21)9-18-15(22)11-2-3-12(7-16)17-8-11/h2-3,6,8H,4-5,9-10H2,1H3,(H,18,22). The number of carbonyl (C=O) groups excluding carboxylic acids is 1. The Morgan fingerprint density at radius 1 is 1.40 bits per heavy atom. The molecule has 0 atom stereocenters. The van der Waals surface area contributed by atoms with Gasteiger partial charge >= 0.3 is 0 Å². The first-order valence-electron chi connectivity index (χ1n) is 7.52. The average Bonchev–Trinajstić information content (AvgIpc) is 3.01. The summed E-state index contributed by atoms with van der Waals surface area (Å²) in [6.07, 6.45) is 2.53. The molecule has 0 saturated heterocycles. The molecule has 1 aliphatic heterocycles. The molecule has 2 aromatic rings. The molecule has 3 rings (SSSR count). The van der Waals surface area contributed by atoms with E-state index in [4.69, 9.17) is 5.26 Å². The largest absolute Gasteiger partial charge is 0.346 e. The lowest BCUT2D eigenvalue weighted by molar-refractivity contribution is 0.0950. The fourth-order valence-electron chi connectivity index (χ4n) is 2.54. The van der Waals surface area contributed by atoms with Crippen LogP contribution in [0, 0.1) is 11.3 Å². The van der Waals surface area contributed by atoms with Crippen LogP contribution >= 0.6 is 0 Å². The summed E-state index contributed by atoms with van der Waals surface area (Å²) in [5, 5.41) is 15.8. The van der Waals surface area contributed by atoms with Gasteiger partial charge < -0.3 is 5.32 Å². The third-order valence-electron chi connectivity index (χ3n) is 3.85. The number of hydrogen-bond donors (Lipinski definition) is 1. The van der Waals surface area contributed by atoms with Gasteiger partial charge in [0.1, 0.15) is 11.8 Å². The highest BCUT2D eigenvalue weighted by Crippen LogP contribution is 2.16. The van der Waals surface area contributed by atoms with Crippen LogP contribution in [0.1, 0.15) is 27.4 Å². The number of hydrogen-bond acceptors (Lipinski definition) is 6. The smallest absolute Gasteiger partial charge is 0.253 e. The lowest BCUT2D eigenvalue weighted by Crippen LogP contribution is -2.37. The van der Waals surface area contributed by atoms with Gasteiger partial charge in [0, 0.05) is 12.7 Å². The van der Waals surface area contributed by atoms with Gasteiger partial charge in [-0.15, -0.1) is 0 Å². The van der Waals surface area contributed by atoms with Gasteiger partial charge in [0.25, 0.3) is 5.91 Å². The van der Waals surface area contributed by atoms with Crippen molar-refractivity contribution in [2.75, 3.05) is 12.8 Å². The number of amides is 1. The van der Waals surface area contributed by atoms with Crippen LogP contribution < -0.4 is 5.32 Å². The van der Waals surface area contributed by atoms with Gasteiger partial charge in [-0.1, -0.05) is 0 Å². The summed E-state index contributed by atoms with van der Waals surface area (Å²) in [5.74, 6) is -0.319. The van der Waals surface area contributed by atoms with E-state index in [1.54, 1.807) is 10.7 Å². The molecule has 9 nitrogen and oxygen atoms in total. The molecule has 2 aromatic heterocycles. The highest BCUT2D eigenvalue weighted by atomic mass is 32.2. The van der Waals surface area contributed by atoms with Crippen molar-refractivity contribution in [2.24, 2.45) is 0 Å². The fraction of sp³-hybridized carbons (Fsp3) is 0.333. The fourth-order valence-corrected chi connectivity index (χ4v) is 3.32. The van der Waals surface area contributed by atoms with Crippen molar-refractivity contribution >= 4 is 15.9 Å². The molecular weight excluding hydrogens is 344 g/mol. The Labute approximate surface area is 144 Å². The number of pyridine rings is 1. The number of fused-ring (bicyclic) bond motifs is 1. The van der Waals surface area contributed by atoms with E-state index in [1.807, 2.05) is 6.07 Å². The third-order valence-corrected chi connectivity index (χ3v) is 5.10. The van der Waals surface area contributed by atoms with Gasteiger partial charge in [0.2, 0.25) is 10.0 Å². The zero-order valence-corrected chi connectivity index (χ0v) is 14.3. The average molecular weight is 360 g/mol. The Balaban J connectivity index is 1.64. The molecule has 0 aromatic carbocycles. The van der Waals surface area contributed by atoms with Crippen molar-refractivity contribution in [3.63, 3.8) is 0 Å². The molecule has 0 fully saturated rings. The molecule has 1 N–H and O–H groups in total. The summed E-state index contributed by atoms with van der Waals surface area (Å²) in [6, 6.07) is 6.68. The number of aromatic nitrogens is 3. The summed E-state index contributed by atoms with van der Waals surface area (Å²) in [4.78, 5) is 15.9. The van der Waals surface area contributed by atoms with Crippen LogP contribution in [0.3, 0.4) is 0 Å². The first-order chi connectivity index (χ1) is 11.9. The Kier molecular flexibility index (Phi) is 4.52. The van der Waals surface area contributed by atoms with Crippen molar-refractivity contribution in [2.45, 2.75) is 19.6 Å². The van der Waals surface area contributed by atoms with Gasteiger partial charge in [-0.05, 0) is 18.2 Å². The van der Waals surface area contributed by atoms with Crippen LogP contribution in [-0.2, 0) is 29.7 Å². The number of nitrogens with zero attached hydrogens (tertiary/aromatic N) is 5. The van der Waals surface area contributed by atoms with Crippen LogP contribution in [-0.4, -0.2) is 46.2 Å². The normalized spacial score (nSPS) is 14.6. The molecule has 0 radical (unpaired) electrons. The van der Waals surface area contributed by atoms with Crippen LogP contribution in [0.4, 0.5) is 0 Å². The Morgan fingerprint density at radius 2 is 2.20 bits per heavy atom. The van der Waals surface area contributed by atoms with Gasteiger partial charge in [-0.25, -0.2) is 13.4 Å². The second kappa shape index (κ2) is 6.62. The minimum atomic E-state index is -3.23. The van der Waals surface area contributed by atoms with Gasteiger partial charge in [0.05, 0.1) is 42.8 Å². The van der Waals surface area contributed by atoms with Crippen molar-refractivity contribution in [3.8, 4) is 6.07 Å². The highest BCUT2D eigenvalue weighted by molar-refractivity contribution is 7.88. The van der Waals surface area contributed by atoms with E-state index in [2.05, 4.69) is 15.4 Å². The molecule has 1 aliphatic rings. The molecule has 1 amide bonds. The maximum absolute atomic E-state index is 12.1. The van der Waals surface area contributed by atoms with E-state index in [0.29, 0.717) is 24.3 Å². The Morgan fingerprint density at radius 3 is 2.84 bits per heavy atom. The number of nitriles is 1. The molecule has 0 unspecified atom stereocenters. The predicted molar refractivity (Wildman–Crippen MR) is 87.6 cm³/mol. The van der Waals surface area contributed by atoms with E-state index in [-0.39, 0.29) is 24.7 Å². The molecular formula is C15H16N6O3S. The first-order valence-corrected chi connectivity index (χ1v) is 9.37. The van der Waals surface area contributed by atoms with Gasteiger partial charge in [0.15, 0.2) is 0 Å². The summed E-state index contributed by atoms with van der Waals surface area (Å²) in [6.45, 7) is 1.36. The molecule has 130 valence electrons. The number of carbonyl (C=O) groups is 1. The minimum Gasteiger partial charge on any atom is -0.346 e. The molecule has 10 heteroatoms. The van der Waals surface area contributed by atoms with E-state index < -0.39 is 10.0 Å². The van der Waals surface area contributed by atoms with Crippen LogP contribution in [0.2, 0.25) is 0 Å². The zero-order valence-electron chi connectivity index (χ0n) is 13.5. The lowest BCUT2D eigenvalue weighted by atomic mass is 10.2. The minimum absolute atomic E-state index is 0.220. The van der Waals surface area contributed by atoms with Crippen molar-refractivity contribution < 1.29 is 13.2 Å². The Hall–Kier alpha value is -2.77. The van der Waals surface area contributed by atoms with Crippen LogP contribution in [0.5, 0.6) is 0 Å². The predicted octanol–water partition coefficient (Wildman–Crippen LogP) is -0.145. The number of rotatable bonds is 4. The van der Waals surface area contributed by atoms with E-state index in [0.717, 1.165) is 5.69 Å². The molecule has 0 saturated carbocycles. The lowest BCUT2D eigenvalue weighted by Gasteiger charge is -2.25. The number of nitrogens with one attached hydrogen (secondary N) is 1. The van der Waals surface area contributed by atoms with E-state index in [1.165, 1.54) is 28.9 Å². The summed E-state index contributed by atoms with van der Waals surface area (Å²) in [7, 11) is -3.23. The molecule has 0 spiro atoms. The zero-order chi connectivity index (χ0) is 18.0. The summed E-state index contributed by atoms with van der Waals surface area (Å²) < 4.78 is 26.4. The van der Waals surface area contributed by atoms with Crippen LogP contribution in [0.15, 0.2) is 24.4 Å². The monoisotopic (exact) mass is 360 g/mol. The van der Waals surface area contributed by atoms with Gasteiger partial charge in [-0.3, -0.25) is 9.48 Å². The van der Waals surface area contributed by atoms with Crippen LogP contribution in [0.25, 0.3) is 0 Å². The SMILES string of the molecule is CS(=O)(=O)N1CCn2nc(CNC(=O)c3ccc(C#N)nc3)cc2C1. The highest BCUT2D eigenvalue weighted by Gasteiger charge is 2.24. The quantitative estimate of drug-likeness (QED) is 0.810. The van der Waals surface area contributed by atoms with Gasteiger partial charge in [-0.2, -0.15) is 14.7 Å².